The van der Waals surface area contributed by atoms with Gasteiger partial charge in [0, 0.05) is 33.5 Å². The number of hydrogen-bond donors (Lipinski definition) is 2. The lowest BCUT2D eigenvalue weighted by Crippen LogP contribution is -2.10. The van der Waals surface area contributed by atoms with E-state index < -0.39 is 0 Å². The van der Waals surface area contributed by atoms with Crippen molar-refractivity contribution in [1.82, 2.24) is 19.9 Å². The summed E-state index contributed by atoms with van der Waals surface area (Å²) in [6, 6.07) is 52.7. The second kappa shape index (κ2) is 12.1. The van der Waals surface area contributed by atoms with E-state index in [0.717, 1.165) is 84.2 Å². The molecular weight excluding hydrogens is 599 g/mol. The number of rotatable bonds is 5. The first kappa shape index (κ1) is 28.5. The molecular formula is C44H31N5. The van der Waals surface area contributed by atoms with Crippen molar-refractivity contribution >= 4 is 63.4 Å². The van der Waals surface area contributed by atoms with Gasteiger partial charge in [-0.2, -0.15) is 0 Å². The maximum Gasteiger partial charge on any atom is 0.0935 e. The first-order valence-corrected chi connectivity index (χ1v) is 16.4. The van der Waals surface area contributed by atoms with Crippen LogP contribution in [0.25, 0.3) is 68.6 Å². The van der Waals surface area contributed by atoms with Gasteiger partial charge in [-0.15, -0.1) is 0 Å². The first-order valence-electron chi connectivity index (χ1n) is 16.4. The molecule has 49 heavy (non-hydrogen) atoms. The van der Waals surface area contributed by atoms with E-state index >= 15 is 0 Å². The number of nitrogens with zero attached hydrogens (tertiary/aromatic N) is 3. The van der Waals surface area contributed by atoms with Crippen molar-refractivity contribution < 1.29 is 0 Å². The highest BCUT2D eigenvalue weighted by Gasteiger charge is 2.19. The number of anilines is 3. The number of para-hydroxylation sites is 2. The maximum atomic E-state index is 5.12. The summed E-state index contributed by atoms with van der Waals surface area (Å²) in [6.07, 6.45) is 8.33. The average Bonchev–Trinajstić information content (AvgIpc) is 3.99. The Morgan fingerprint density at radius 1 is 0.388 bits per heavy atom. The van der Waals surface area contributed by atoms with Crippen LogP contribution in [0.15, 0.2) is 152 Å². The van der Waals surface area contributed by atoms with Gasteiger partial charge in [-0.05, 0) is 90.0 Å². The fourth-order valence-corrected chi connectivity index (χ4v) is 6.74. The van der Waals surface area contributed by atoms with Crippen LogP contribution < -0.4 is 4.90 Å². The van der Waals surface area contributed by atoms with Gasteiger partial charge in [0.05, 0.1) is 39.5 Å². The Labute approximate surface area is 284 Å². The summed E-state index contributed by atoms with van der Waals surface area (Å²) >= 11 is 0. The zero-order valence-electron chi connectivity index (χ0n) is 26.6. The normalized spacial score (nSPS) is 11.9. The molecule has 4 aromatic carbocycles. The molecule has 0 saturated carbocycles. The van der Waals surface area contributed by atoms with Gasteiger partial charge in [-0.25, -0.2) is 9.97 Å². The highest BCUT2D eigenvalue weighted by atomic mass is 15.2. The van der Waals surface area contributed by atoms with Crippen molar-refractivity contribution in [2.24, 2.45) is 0 Å². The minimum absolute atomic E-state index is 0.863. The Bertz CT molecular complexity index is 2350. The van der Waals surface area contributed by atoms with E-state index in [-0.39, 0.29) is 0 Å². The van der Waals surface area contributed by atoms with E-state index in [1.165, 1.54) is 0 Å². The molecule has 3 aromatic heterocycles. The summed E-state index contributed by atoms with van der Waals surface area (Å²) in [6.45, 7) is 0. The summed E-state index contributed by atoms with van der Waals surface area (Å²) in [5, 5.41) is 0. The average molecular weight is 630 g/mol. The molecule has 0 unspecified atom stereocenters. The molecule has 8 bridgehead atoms. The molecule has 0 radical (unpaired) electrons. The van der Waals surface area contributed by atoms with Crippen LogP contribution in [0.2, 0.25) is 0 Å². The standard InChI is InChI=1S/C44H31N5/c1-5-13-30(14-6-1)42-36-23-21-32(45-36)29-33-22-24-37(46-33)43(31-15-7-2-8-16-31)39-26-28-41(48-39)44(40-27-25-38(42)47-40)49(34-17-9-3-10-18-34)35-19-11-4-12-20-35/h1-29,47-48H. The summed E-state index contributed by atoms with van der Waals surface area (Å²) in [4.78, 5) is 20.3. The second-order valence-electron chi connectivity index (χ2n) is 12.1. The molecule has 0 aliphatic carbocycles. The van der Waals surface area contributed by atoms with Crippen LogP contribution in [-0.2, 0) is 0 Å². The molecule has 5 nitrogen and oxygen atoms in total. The summed E-state index contributed by atoms with van der Waals surface area (Å²) in [5.74, 6) is 0. The molecule has 5 heterocycles. The Morgan fingerprint density at radius 3 is 1.20 bits per heavy atom. The van der Waals surface area contributed by atoms with Crippen molar-refractivity contribution in [3.05, 3.63) is 174 Å². The molecule has 0 saturated heterocycles. The predicted molar refractivity (Wildman–Crippen MR) is 204 cm³/mol. The van der Waals surface area contributed by atoms with E-state index in [4.69, 9.17) is 9.97 Å². The molecule has 7 aromatic rings. The highest BCUT2D eigenvalue weighted by molar-refractivity contribution is 6.00. The van der Waals surface area contributed by atoms with Crippen molar-refractivity contribution in [1.29, 1.82) is 0 Å². The number of aromatic amines is 2. The van der Waals surface area contributed by atoms with E-state index in [1.54, 1.807) is 0 Å². The minimum atomic E-state index is 0.863. The summed E-state index contributed by atoms with van der Waals surface area (Å²) in [7, 11) is 0. The molecule has 232 valence electrons. The van der Waals surface area contributed by atoms with Gasteiger partial charge in [0.1, 0.15) is 0 Å². The van der Waals surface area contributed by atoms with Gasteiger partial charge in [0.25, 0.3) is 0 Å². The van der Waals surface area contributed by atoms with Gasteiger partial charge >= 0.3 is 0 Å². The van der Waals surface area contributed by atoms with Crippen LogP contribution in [0.1, 0.15) is 22.8 Å². The Kier molecular flexibility index (Phi) is 7.06. The third kappa shape index (κ3) is 5.33. The quantitative estimate of drug-likeness (QED) is 0.199. The second-order valence-corrected chi connectivity index (χ2v) is 12.1. The number of aromatic nitrogens is 4. The van der Waals surface area contributed by atoms with Crippen LogP contribution >= 0.6 is 0 Å². The number of hydrogen-bond acceptors (Lipinski definition) is 3. The SMILES string of the molecule is C1=Cc2nc1cc1nc(c(-c3ccccc3)c3ccc([nH]3)c(N(c3ccccc3)c3ccccc3)c3ccc([nH]3)c2-c2ccccc2)C=C1. The summed E-state index contributed by atoms with van der Waals surface area (Å²) in [5.41, 5.74) is 14.7. The van der Waals surface area contributed by atoms with Gasteiger partial charge in [0.15, 0.2) is 0 Å². The van der Waals surface area contributed by atoms with Crippen molar-refractivity contribution in [2.75, 3.05) is 4.90 Å². The monoisotopic (exact) mass is 629 g/mol. The highest BCUT2D eigenvalue weighted by Crippen LogP contribution is 2.41. The summed E-state index contributed by atoms with van der Waals surface area (Å²) < 4.78 is 0. The number of benzene rings is 4. The molecule has 5 heteroatoms. The van der Waals surface area contributed by atoms with Crippen molar-refractivity contribution in [3.8, 4) is 22.3 Å². The van der Waals surface area contributed by atoms with E-state index in [1.807, 2.05) is 18.2 Å². The Morgan fingerprint density at radius 2 is 0.776 bits per heavy atom. The topological polar surface area (TPSA) is 60.6 Å². The first-order chi connectivity index (χ1) is 24.3. The van der Waals surface area contributed by atoms with Crippen LogP contribution in [0.3, 0.4) is 0 Å². The van der Waals surface area contributed by atoms with Crippen LogP contribution in [-0.4, -0.2) is 19.9 Å². The Hall–Kier alpha value is -6.72. The fraction of sp³-hybridized carbons (Fsp3) is 0. The molecule has 0 spiro atoms. The largest absolute Gasteiger partial charge is 0.353 e. The zero-order chi connectivity index (χ0) is 32.6. The van der Waals surface area contributed by atoms with Gasteiger partial charge in [-0.1, -0.05) is 97.1 Å². The van der Waals surface area contributed by atoms with E-state index in [9.17, 15) is 0 Å². The molecule has 0 atom stereocenters. The van der Waals surface area contributed by atoms with Gasteiger partial charge in [0.2, 0.25) is 0 Å². The third-order valence-corrected chi connectivity index (χ3v) is 8.93. The smallest absolute Gasteiger partial charge is 0.0935 e. The van der Waals surface area contributed by atoms with Crippen LogP contribution in [0.5, 0.6) is 0 Å². The van der Waals surface area contributed by atoms with Gasteiger partial charge in [-0.3, -0.25) is 0 Å². The third-order valence-electron chi connectivity index (χ3n) is 8.93. The number of nitrogens with one attached hydrogen (secondary N) is 2. The molecule has 2 aliphatic heterocycles. The number of H-pyrrole nitrogens is 2. The van der Waals surface area contributed by atoms with Crippen LogP contribution in [0, 0.1) is 0 Å². The predicted octanol–water partition coefficient (Wildman–Crippen LogP) is 11.5. The molecule has 9 rings (SSSR count). The maximum absolute atomic E-state index is 5.12. The zero-order valence-corrected chi connectivity index (χ0v) is 26.6. The van der Waals surface area contributed by atoms with E-state index in [2.05, 4.69) is 173 Å². The Balaban J connectivity index is 1.46. The molecule has 0 fully saturated rings. The van der Waals surface area contributed by atoms with E-state index in [0.29, 0.717) is 0 Å². The van der Waals surface area contributed by atoms with Crippen molar-refractivity contribution in [3.63, 3.8) is 0 Å². The molecule has 2 aliphatic rings. The molecule has 0 amide bonds. The fourth-order valence-electron chi connectivity index (χ4n) is 6.74. The molecule has 2 N–H and O–H groups in total. The van der Waals surface area contributed by atoms with Crippen LogP contribution in [0.4, 0.5) is 17.1 Å². The minimum Gasteiger partial charge on any atom is -0.353 e. The lowest BCUT2D eigenvalue weighted by Gasteiger charge is -2.25. The van der Waals surface area contributed by atoms with Gasteiger partial charge < -0.3 is 14.9 Å². The lowest BCUT2D eigenvalue weighted by atomic mass is 10.0. The lowest BCUT2D eigenvalue weighted by molar-refractivity contribution is 1.27. The van der Waals surface area contributed by atoms with Crippen molar-refractivity contribution in [2.45, 2.75) is 0 Å². The number of fused-ring (bicyclic) bond motifs is 8.